The number of nitrogens with zero attached hydrogens (tertiary/aromatic N) is 1. The summed E-state index contributed by atoms with van der Waals surface area (Å²) in [6.07, 6.45) is -3.99. The molecule has 2 heterocycles. The van der Waals surface area contributed by atoms with E-state index in [1.54, 1.807) is 37.0 Å². The molecule has 2 aromatic rings. The Morgan fingerprint density at radius 3 is 2.59 bits per heavy atom. The third kappa shape index (κ3) is 6.72. The maximum Gasteiger partial charge on any atom is 0.459 e. The number of carbonyl (C=O) groups excluding carboxylic acids is 1. The smallest absolute Gasteiger partial charge is 0.459 e. The molecule has 0 amide bonds. The van der Waals surface area contributed by atoms with Gasteiger partial charge in [0.05, 0.1) is 24.4 Å². The Balaban J connectivity index is 1.82. The Kier molecular flexibility index (Phi) is 8.73. The monoisotopic (exact) mass is 544 g/mol. The predicted molar refractivity (Wildman–Crippen MR) is 128 cm³/mol. The van der Waals surface area contributed by atoms with Crippen LogP contribution in [0.25, 0.3) is 0 Å². The average molecular weight is 544 g/mol. The summed E-state index contributed by atoms with van der Waals surface area (Å²) in [6, 6.07) is 6.89. The van der Waals surface area contributed by atoms with Crippen LogP contribution < -0.4 is 26.6 Å². The number of nitrogens with two attached hydrogens (primary N) is 1. The van der Waals surface area contributed by atoms with E-state index < -0.39 is 73.5 Å². The van der Waals surface area contributed by atoms with Gasteiger partial charge in [-0.15, -0.1) is 0 Å². The fourth-order valence-corrected chi connectivity index (χ4v) is 5.07. The van der Waals surface area contributed by atoms with Crippen LogP contribution in [0.1, 0.15) is 33.9 Å². The second-order valence-corrected chi connectivity index (χ2v) is 10.7. The van der Waals surface area contributed by atoms with Gasteiger partial charge < -0.3 is 24.8 Å². The second-order valence-electron chi connectivity index (χ2n) is 9.02. The van der Waals surface area contributed by atoms with E-state index in [1.807, 2.05) is 0 Å². The summed E-state index contributed by atoms with van der Waals surface area (Å²) >= 11 is 0. The standard InChI is InChI=1S/C22H30FN4O9P/c1-12(2)34-19(30)13(3)26-37(32,36-14-8-6-5-7-9-14)33-11-16-17(28)22(4,24)20(35-16)27-10-15(23)18(29)25-21(27)31/h5-10,12-13,16-17,20,28H,11,24H2,1-4H3,(H,26,32)(H,25,29,31)/t13-,16-,17-,20-,22-,37+/m1/s1. The van der Waals surface area contributed by atoms with E-state index in [0.717, 1.165) is 0 Å². The average Bonchev–Trinajstić information content (AvgIpc) is 3.03. The minimum absolute atomic E-state index is 0.160. The Morgan fingerprint density at radius 2 is 1.97 bits per heavy atom. The number of aromatic nitrogens is 2. The highest BCUT2D eigenvalue weighted by atomic mass is 31.2. The van der Waals surface area contributed by atoms with Crippen molar-refractivity contribution >= 4 is 13.7 Å². The van der Waals surface area contributed by atoms with Gasteiger partial charge in [-0.3, -0.25) is 23.7 Å². The maximum absolute atomic E-state index is 13.8. The van der Waals surface area contributed by atoms with Gasteiger partial charge in [0.25, 0.3) is 5.56 Å². The lowest BCUT2D eigenvalue weighted by atomic mass is 9.93. The Morgan fingerprint density at radius 1 is 1.32 bits per heavy atom. The fourth-order valence-electron chi connectivity index (χ4n) is 3.57. The largest absolute Gasteiger partial charge is 0.462 e. The number of hydrogen-bond acceptors (Lipinski definition) is 10. The number of esters is 1. The molecule has 0 spiro atoms. The lowest BCUT2D eigenvalue weighted by molar-refractivity contribution is -0.149. The molecule has 6 atom stereocenters. The Bertz CT molecular complexity index is 1270. The second kappa shape index (κ2) is 11.3. The molecule has 1 aromatic heterocycles. The lowest BCUT2D eigenvalue weighted by Gasteiger charge is -2.28. The predicted octanol–water partition coefficient (Wildman–Crippen LogP) is 0.785. The minimum atomic E-state index is -4.29. The van der Waals surface area contributed by atoms with Gasteiger partial charge in [-0.05, 0) is 39.8 Å². The van der Waals surface area contributed by atoms with E-state index >= 15 is 0 Å². The zero-order valence-corrected chi connectivity index (χ0v) is 21.5. The molecule has 1 fully saturated rings. The number of aromatic amines is 1. The number of para-hydroxylation sites is 1. The Labute approximate surface area is 211 Å². The topological polar surface area (TPSA) is 184 Å². The summed E-state index contributed by atoms with van der Waals surface area (Å²) in [6.45, 7) is 5.48. The minimum Gasteiger partial charge on any atom is -0.462 e. The number of ether oxygens (including phenoxy) is 2. The first-order chi connectivity index (χ1) is 17.2. The first kappa shape index (κ1) is 28.7. The summed E-state index contributed by atoms with van der Waals surface area (Å²) in [7, 11) is -4.29. The van der Waals surface area contributed by atoms with Crippen molar-refractivity contribution in [3.63, 3.8) is 0 Å². The first-order valence-corrected chi connectivity index (χ1v) is 12.9. The molecule has 15 heteroatoms. The van der Waals surface area contributed by atoms with Gasteiger partial charge in [-0.1, -0.05) is 18.2 Å². The molecule has 0 radical (unpaired) electrons. The van der Waals surface area contributed by atoms with Crippen LogP contribution in [-0.4, -0.2) is 57.1 Å². The van der Waals surface area contributed by atoms with Crippen LogP contribution >= 0.6 is 7.75 Å². The maximum atomic E-state index is 13.8. The summed E-state index contributed by atoms with van der Waals surface area (Å²) < 4.78 is 50.0. The van der Waals surface area contributed by atoms with Crippen LogP contribution in [0.3, 0.4) is 0 Å². The highest BCUT2D eigenvalue weighted by Crippen LogP contribution is 2.46. The molecule has 1 saturated heterocycles. The van der Waals surface area contributed by atoms with Crippen molar-refractivity contribution in [2.75, 3.05) is 6.61 Å². The summed E-state index contributed by atoms with van der Waals surface area (Å²) in [5.74, 6) is -1.81. The van der Waals surface area contributed by atoms with Crippen molar-refractivity contribution in [2.24, 2.45) is 5.73 Å². The molecule has 1 aromatic carbocycles. The number of benzene rings is 1. The van der Waals surface area contributed by atoms with E-state index in [1.165, 1.54) is 26.0 Å². The van der Waals surface area contributed by atoms with Gasteiger partial charge in [-0.25, -0.2) is 9.36 Å². The van der Waals surface area contributed by atoms with Crippen LogP contribution in [0.5, 0.6) is 5.75 Å². The number of carbonyl (C=O) groups is 1. The van der Waals surface area contributed by atoms with Gasteiger partial charge in [0, 0.05) is 0 Å². The van der Waals surface area contributed by atoms with Crippen LogP contribution in [0.2, 0.25) is 0 Å². The molecule has 0 bridgehead atoms. The van der Waals surface area contributed by atoms with E-state index in [0.29, 0.717) is 10.8 Å². The molecular weight excluding hydrogens is 514 g/mol. The number of H-pyrrole nitrogens is 1. The van der Waals surface area contributed by atoms with Gasteiger partial charge in [0.15, 0.2) is 6.23 Å². The molecule has 0 aliphatic carbocycles. The van der Waals surface area contributed by atoms with Gasteiger partial charge in [0.2, 0.25) is 5.82 Å². The van der Waals surface area contributed by atoms with Crippen LogP contribution in [-0.2, 0) is 23.4 Å². The first-order valence-electron chi connectivity index (χ1n) is 11.3. The van der Waals surface area contributed by atoms with Crippen molar-refractivity contribution < 1.29 is 37.4 Å². The van der Waals surface area contributed by atoms with Crippen molar-refractivity contribution in [3.05, 3.63) is 63.2 Å². The zero-order valence-electron chi connectivity index (χ0n) is 20.6. The van der Waals surface area contributed by atoms with Crippen molar-refractivity contribution in [1.82, 2.24) is 14.6 Å². The third-order valence-electron chi connectivity index (χ3n) is 5.44. The van der Waals surface area contributed by atoms with Gasteiger partial charge in [0.1, 0.15) is 24.0 Å². The molecule has 5 N–H and O–H groups in total. The van der Waals surface area contributed by atoms with Crippen LogP contribution in [0.4, 0.5) is 4.39 Å². The number of nitrogens with one attached hydrogen (secondary N) is 2. The van der Waals surface area contributed by atoms with E-state index in [9.17, 15) is 28.4 Å². The zero-order chi connectivity index (χ0) is 27.5. The van der Waals surface area contributed by atoms with E-state index in [4.69, 9.17) is 24.3 Å². The lowest BCUT2D eigenvalue weighted by Crippen LogP contribution is -2.54. The molecule has 0 unspecified atom stereocenters. The molecule has 1 aliphatic rings. The number of halogens is 1. The number of hydrogen-bond donors (Lipinski definition) is 4. The highest BCUT2D eigenvalue weighted by molar-refractivity contribution is 7.52. The highest BCUT2D eigenvalue weighted by Gasteiger charge is 2.53. The summed E-state index contributed by atoms with van der Waals surface area (Å²) in [5, 5.41) is 13.3. The molecule has 204 valence electrons. The van der Waals surface area contributed by atoms with Gasteiger partial charge >= 0.3 is 19.4 Å². The normalized spacial score (nSPS) is 26.0. The summed E-state index contributed by atoms with van der Waals surface area (Å²) in [5.41, 5.74) is 2.29. The molecule has 13 nitrogen and oxygen atoms in total. The number of aliphatic hydroxyl groups excluding tert-OH is 1. The molecule has 3 rings (SSSR count). The molecule has 37 heavy (non-hydrogen) atoms. The third-order valence-corrected chi connectivity index (χ3v) is 7.08. The Hall–Kier alpha value is -2.87. The van der Waals surface area contributed by atoms with E-state index in [-0.39, 0.29) is 5.75 Å². The van der Waals surface area contributed by atoms with Crippen molar-refractivity contribution in [1.29, 1.82) is 0 Å². The molecular formula is C22H30FN4O9P. The quantitative estimate of drug-likeness (QED) is 0.245. The van der Waals surface area contributed by atoms with E-state index in [2.05, 4.69) is 5.09 Å². The van der Waals surface area contributed by atoms with Crippen LogP contribution in [0.15, 0.2) is 46.1 Å². The molecule has 0 saturated carbocycles. The summed E-state index contributed by atoms with van der Waals surface area (Å²) in [4.78, 5) is 37.7. The number of rotatable bonds is 10. The van der Waals surface area contributed by atoms with Crippen molar-refractivity contribution in [3.8, 4) is 5.75 Å². The van der Waals surface area contributed by atoms with Crippen LogP contribution in [0, 0.1) is 5.82 Å². The SMILES string of the molecule is CC(C)OC(=O)[C@@H](C)N[P@](=O)(OC[C@H]1O[C@@H](n2cc(F)c(=O)[nH]c2=O)[C@](C)(N)[C@@H]1O)Oc1ccccc1. The van der Waals surface area contributed by atoms with Gasteiger partial charge in [-0.2, -0.15) is 9.48 Å². The fraction of sp³-hybridized carbons (Fsp3) is 0.500. The number of aliphatic hydroxyl groups is 1. The molecule has 1 aliphatic heterocycles. The van der Waals surface area contributed by atoms with Crippen molar-refractivity contribution in [2.45, 2.75) is 63.8 Å².